The number of aryl methyl sites for hydroxylation is 1. The molecule has 1 saturated heterocycles. The van der Waals surface area contributed by atoms with E-state index in [2.05, 4.69) is 26.1 Å². The minimum Gasteiger partial charge on any atom is -0.349 e. The van der Waals surface area contributed by atoms with Crippen LogP contribution in [0.2, 0.25) is 0 Å². The topological polar surface area (TPSA) is 70.9 Å². The van der Waals surface area contributed by atoms with Crippen LogP contribution in [-0.4, -0.2) is 57.4 Å². The predicted octanol–water partition coefficient (Wildman–Crippen LogP) is 0.833. The molecule has 0 spiro atoms. The van der Waals surface area contributed by atoms with Crippen LogP contribution in [0.5, 0.6) is 0 Å². The van der Waals surface area contributed by atoms with Crippen molar-refractivity contribution in [3.8, 4) is 0 Å². The van der Waals surface area contributed by atoms with Crippen molar-refractivity contribution in [1.29, 1.82) is 0 Å². The Balaban J connectivity index is 1.89. The Morgan fingerprint density at radius 2 is 1.70 bits per heavy atom. The van der Waals surface area contributed by atoms with Crippen molar-refractivity contribution in [1.82, 2.24) is 9.62 Å². The fourth-order valence-corrected chi connectivity index (χ4v) is 4.93. The van der Waals surface area contributed by atoms with Crippen LogP contribution < -0.4 is 10.2 Å². The molecule has 2 N–H and O–H groups in total. The third-order valence-electron chi connectivity index (χ3n) is 5.29. The molecule has 0 aliphatic carbocycles. The largest absolute Gasteiger partial charge is 0.349 e. The van der Waals surface area contributed by atoms with Crippen LogP contribution >= 0.6 is 0 Å². The van der Waals surface area contributed by atoms with Gasteiger partial charge >= 0.3 is 0 Å². The average Bonchev–Trinajstić information content (AvgIpc) is 2.67. The minimum atomic E-state index is -3.45. The summed E-state index contributed by atoms with van der Waals surface area (Å²) in [6.07, 6.45) is 3.87. The van der Waals surface area contributed by atoms with Crippen LogP contribution in [0.3, 0.4) is 0 Å². The summed E-state index contributed by atoms with van der Waals surface area (Å²) in [6.45, 7) is 8.87. The van der Waals surface area contributed by atoms with Crippen molar-refractivity contribution in [3.05, 3.63) is 29.8 Å². The van der Waals surface area contributed by atoms with Gasteiger partial charge in [-0.1, -0.05) is 39.3 Å². The number of rotatable bonds is 9. The van der Waals surface area contributed by atoms with Crippen molar-refractivity contribution in [2.24, 2.45) is 0 Å². The molecule has 152 valence electrons. The van der Waals surface area contributed by atoms with Gasteiger partial charge in [-0.3, -0.25) is 4.79 Å². The molecule has 0 bridgehead atoms. The van der Waals surface area contributed by atoms with Crippen LogP contribution in [0.1, 0.15) is 45.6 Å². The summed E-state index contributed by atoms with van der Waals surface area (Å²) in [5.74, 6) is 0.0570. The van der Waals surface area contributed by atoms with E-state index in [4.69, 9.17) is 0 Å². The van der Waals surface area contributed by atoms with Gasteiger partial charge in [0.25, 0.3) is 5.91 Å². The molecule has 27 heavy (non-hydrogen) atoms. The summed E-state index contributed by atoms with van der Waals surface area (Å²) < 4.78 is 27.2. The molecule has 0 radical (unpaired) electrons. The maximum atomic E-state index is 12.8. The lowest BCUT2D eigenvalue weighted by Crippen LogP contribution is -3.15. The van der Waals surface area contributed by atoms with E-state index in [1.165, 1.54) is 0 Å². The zero-order valence-corrected chi connectivity index (χ0v) is 17.6. The molecule has 7 heteroatoms. The maximum absolute atomic E-state index is 12.8. The number of nitrogens with one attached hydrogen (secondary N) is 2. The molecule has 1 aromatic rings. The molecule has 1 fully saturated rings. The van der Waals surface area contributed by atoms with E-state index < -0.39 is 10.0 Å². The Morgan fingerprint density at radius 3 is 2.22 bits per heavy atom. The highest BCUT2D eigenvalue weighted by Gasteiger charge is 2.31. The summed E-state index contributed by atoms with van der Waals surface area (Å²) >= 11 is 0. The Morgan fingerprint density at radius 1 is 1.11 bits per heavy atom. The third-order valence-corrected chi connectivity index (χ3v) is 7.20. The first-order valence-electron chi connectivity index (χ1n) is 10.1. The van der Waals surface area contributed by atoms with Crippen LogP contribution in [0.15, 0.2) is 29.2 Å². The van der Waals surface area contributed by atoms with E-state index >= 15 is 0 Å². The van der Waals surface area contributed by atoms with E-state index in [0.29, 0.717) is 37.6 Å². The van der Waals surface area contributed by atoms with Gasteiger partial charge < -0.3 is 10.2 Å². The van der Waals surface area contributed by atoms with Crippen molar-refractivity contribution in [3.63, 3.8) is 0 Å². The molecule has 0 atom stereocenters. The molecule has 1 heterocycles. The lowest BCUT2D eigenvalue weighted by atomic mass is 10.1. The second-order valence-electron chi connectivity index (χ2n) is 7.31. The monoisotopic (exact) mass is 396 g/mol. The molecule has 1 amide bonds. The zero-order valence-electron chi connectivity index (χ0n) is 16.8. The number of hydrogen-bond acceptors (Lipinski definition) is 3. The van der Waals surface area contributed by atoms with Crippen LogP contribution in [-0.2, 0) is 21.2 Å². The molecular formula is C20H34N3O3S+. The standard InChI is InChI=1S/C20H33N3O3S/c1-4-7-17-8-10-19(11-9-17)27(25,26)23-14-12-22(13-15-23)16-20(24)21-18(5-2)6-3/h8-11,18H,4-7,12-16H2,1-3H3,(H,21,24)/p+1. The van der Waals surface area contributed by atoms with Gasteiger partial charge in [-0.25, -0.2) is 8.42 Å². The molecule has 0 saturated carbocycles. The number of carbonyl (C=O) groups is 1. The number of hydrogen-bond donors (Lipinski definition) is 2. The second-order valence-corrected chi connectivity index (χ2v) is 9.24. The average molecular weight is 397 g/mol. The minimum absolute atomic E-state index is 0.0570. The number of piperazine rings is 1. The smallest absolute Gasteiger partial charge is 0.275 e. The lowest BCUT2D eigenvalue weighted by molar-refractivity contribution is -0.895. The van der Waals surface area contributed by atoms with E-state index in [1.807, 2.05) is 12.1 Å². The quantitative estimate of drug-likeness (QED) is 0.650. The highest BCUT2D eigenvalue weighted by Crippen LogP contribution is 2.17. The number of amides is 1. The first-order valence-corrected chi connectivity index (χ1v) is 11.6. The van der Waals surface area contributed by atoms with Gasteiger partial charge in [0.15, 0.2) is 6.54 Å². The molecule has 0 aromatic heterocycles. The van der Waals surface area contributed by atoms with Crippen molar-refractivity contribution >= 4 is 15.9 Å². The highest BCUT2D eigenvalue weighted by molar-refractivity contribution is 7.89. The van der Waals surface area contributed by atoms with Crippen molar-refractivity contribution in [2.45, 2.75) is 57.4 Å². The Bertz CT molecular complexity index is 692. The number of quaternary nitrogens is 1. The third kappa shape index (κ3) is 6.02. The van der Waals surface area contributed by atoms with Gasteiger partial charge in [0.2, 0.25) is 10.0 Å². The fraction of sp³-hybridized carbons (Fsp3) is 0.650. The van der Waals surface area contributed by atoms with Gasteiger partial charge in [0.1, 0.15) is 0 Å². The number of nitrogens with zero attached hydrogens (tertiary/aromatic N) is 1. The Kier molecular flexibility index (Phi) is 8.26. The summed E-state index contributed by atoms with van der Waals surface area (Å²) in [6, 6.07) is 7.46. The predicted molar refractivity (Wildman–Crippen MR) is 107 cm³/mol. The van der Waals surface area contributed by atoms with Gasteiger partial charge in [-0.05, 0) is 37.0 Å². The number of carbonyl (C=O) groups excluding carboxylic acids is 1. The normalized spacial score (nSPS) is 16.6. The first-order chi connectivity index (χ1) is 12.9. The molecule has 6 nitrogen and oxygen atoms in total. The van der Waals surface area contributed by atoms with Gasteiger partial charge in [0, 0.05) is 6.04 Å². The zero-order chi connectivity index (χ0) is 19.9. The number of benzene rings is 1. The SMILES string of the molecule is CCCc1ccc(S(=O)(=O)N2CC[NH+](CC(=O)NC(CC)CC)CC2)cc1. The molecule has 1 aromatic carbocycles. The highest BCUT2D eigenvalue weighted by atomic mass is 32.2. The first kappa shape index (κ1) is 21.9. The summed E-state index contributed by atoms with van der Waals surface area (Å²) in [5, 5.41) is 3.05. The molecule has 2 rings (SSSR count). The molecule has 0 unspecified atom stereocenters. The van der Waals surface area contributed by atoms with Crippen molar-refractivity contribution in [2.75, 3.05) is 32.7 Å². The van der Waals surface area contributed by atoms with E-state index in [9.17, 15) is 13.2 Å². The molecular weight excluding hydrogens is 362 g/mol. The Labute approximate surface area is 164 Å². The molecule has 1 aliphatic heterocycles. The van der Waals surface area contributed by atoms with Gasteiger partial charge in [0.05, 0.1) is 31.1 Å². The van der Waals surface area contributed by atoms with Crippen LogP contribution in [0.4, 0.5) is 0 Å². The van der Waals surface area contributed by atoms with Crippen LogP contribution in [0, 0.1) is 0 Å². The summed E-state index contributed by atoms with van der Waals surface area (Å²) in [7, 11) is -3.45. The lowest BCUT2D eigenvalue weighted by Gasteiger charge is -2.31. The van der Waals surface area contributed by atoms with Gasteiger partial charge in [-0.15, -0.1) is 0 Å². The molecule has 1 aliphatic rings. The maximum Gasteiger partial charge on any atom is 0.275 e. The second kappa shape index (κ2) is 10.2. The van der Waals surface area contributed by atoms with E-state index in [1.54, 1.807) is 16.4 Å². The van der Waals surface area contributed by atoms with Crippen molar-refractivity contribution < 1.29 is 18.1 Å². The van der Waals surface area contributed by atoms with Gasteiger partial charge in [-0.2, -0.15) is 4.31 Å². The Hall–Kier alpha value is -1.44. The summed E-state index contributed by atoms with van der Waals surface area (Å²) in [4.78, 5) is 13.7. The van der Waals surface area contributed by atoms with Crippen LogP contribution in [0.25, 0.3) is 0 Å². The fourth-order valence-electron chi connectivity index (χ4n) is 3.48. The van der Waals surface area contributed by atoms with E-state index in [-0.39, 0.29) is 11.9 Å². The number of sulfonamides is 1. The summed E-state index contributed by atoms with van der Waals surface area (Å²) in [5.41, 5.74) is 1.16. The van der Waals surface area contributed by atoms with E-state index in [0.717, 1.165) is 36.1 Å².